The van der Waals surface area contributed by atoms with Crippen molar-refractivity contribution in [3.63, 3.8) is 0 Å². The molecular formula is C15H20ClNO4. The van der Waals surface area contributed by atoms with E-state index >= 15 is 0 Å². The van der Waals surface area contributed by atoms with Gasteiger partial charge in [-0.05, 0) is 31.5 Å². The van der Waals surface area contributed by atoms with E-state index in [-0.39, 0.29) is 24.7 Å². The van der Waals surface area contributed by atoms with Crippen LogP contribution < -0.4 is 10.1 Å². The third kappa shape index (κ3) is 6.49. The van der Waals surface area contributed by atoms with Crippen molar-refractivity contribution in [1.29, 1.82) is 0 Å². The molecule has 1 amide bonds. The highest BCUT2D eigenvalue weighted by molar-refractivity contribution is 6.32. The summed E-state index contributed by atoms with van der Waals surface area (Å²) in [5.41, 5.74) is 0.567. The van der Waals surface area contributed by atoms with E-state index in [1.807, 2.05) is 6.92 Å². The van der Waals surface area contributed by atoms with Gasteiger partial charge in [0.15, 0.2) is 0 Å². The Kier molecular flexibility index (Phi) is 7.61. The van der Waals surface area contributed by atoms with Crippen LogP contribution in [0.2, 0.25) is 5.02 Å². The van der Waals surface area contributed by atoms with Crippen LogP contribution in [0.3, 0.4) is 0 Å². The zero-order chi connectivity index (χ0) is 15.7. The number of halogens is 1. The number of ether oxygens (including phenoxy) is 2. The second-order valence-corrected chi connectivity index (χ2v) is 4.75. The van der Waals surface area contributed by atoms with Gasteiger partial charge in [-0.3, -0.25) is 9.59 Å². The van der Waals surface area contributed by atoms with E-state index in [0.29, 0.717) is 29.7 Å². The van der Waals surface area contributed by atoms with Crippen LogP contribution in [0.1, 0.15) is 33.1 Å². The predicted octanol–water partition coefficient (Wildman–Crippen LogP) is 3.41. The molecule has 0 aliphatic rings. The maximum atomic E-state index is 11.7. The smallest absolute Gasteiger partial charge is 0.306 e. The standard InChI is InChI=1S/C15H20ClNO4/c1-3-9-21-13-6-5-11(10-12(13)16)17-14(18)7-8-15(19)20-4-2/h5-6,10H,3-4,7-9H2,1-2H3,(H,17,18). The molecule has 0 radical (unpaired) electrons. The summed E-state index contributed by atoms with van der Waals surface area (Å²) in [5.74, 6) is -0.0571. The monoisotopic (exact) mass is 313 g/mol. The van der Waals surface area contributed by atoms with Crippen LogP contribution in [0, 0.1) is 0 Å². The molecule has 0 bridgehead atoms. The molecule has 0 aromatic heterocycles. The van der Waals surface area contributed by atoms with Gasteiger partial charge in [-0.25, -0.2) is 0 Å². The molecule has 1 rings (SSSR count). The van der Waals surface area contributed by atoms with Gasteiger partial charge in [-0.15, -0.1) is 0 Å². The number of rotatable bonds is 8. The van der Waals surface area contributed by atoms with Gasteiger partial charge >= 0.3 is 5.97 Å². The fourth-order valence-corrected chi connectivity index (χ4v) is 1.82. The van der Waals surface area contributed by atoms with Crippen LogP contribution in [0.5, 0.6) is 5.75 Å². The Morgan fingerprint density at radius 3 is 2.62 bits per heavy atom. The van der Waals surface area contributed by atoms with Crippen molar-refractivity contribution in [3.8, 4) is 5.75 Å². The summed E-state index contributed by atoms with van der Waals surface area (Å²) in [7, 11) is 0. The number of hydrogen-bond donors (Lipinski definition) is 1. The second-order valence-electron chi connectivity index (χ2n) is 4.35. The highest BCUT2D eigenvalue weighted by atomic mass is 35.5. The first kappa shape index (κ1) is 17.3. The normalized spacial score (nSPS) is 10.0. The summed E-state index contributed by atoms with van der Waals surface area (Å²) >= 11 is 6.07. The second kappa shape index (κ2) is 9.23. The van der Waals surface area contributed by atoms with Crippen LogP contribution in [0.4, 0.5) is 5.69 Å². The Labute approximate surface area is 129 Å². The van der Waals surface area contributed by atoms with Crippen LogP contribution in [-0.2, 0) is 14.3 Å². The summed E-state index contributed by atoms with van der Waals surface area (Å²) in [6.07, 6.45) is 1.03. The number of nitrogens with one attached hydrogen (secondary N) is 1. The molecule has 0 unspecified atom stereocenters. The highest BCUT2D eigenvalue weighted by Crippen LogP contribution is 2.27. The number of esters is 1. The van der Waals surface area contributed by atoms with Gasteiger partial charge in [0.25, 0.3) is 0 Å². The van der Waals surface area contributed by atoms with Crippen LogP contribution >= 0.6 is 11.6 Å². The van der Waals surface area contributed by atoms with E-state index in [4.69, 9.17) is 21.1 Å². The van der Waals surface area contributed by atoms with Gasteiger partial charge in [0.2, 0.25) is 5.91 Å². The van der Waals surface area contributed by atoms with Crippen molar-refractivity contribution in [2.24, 2.45) is 0 Å². The van der Waals surface area contributed by atoms with Crippen molar-refractivity contribution in [3.05, 3.63) is 23.2 Å². The molecule has 1 aromatic rings. The molecule has 6 heteroatoms. The number of carbonyl (C=O) groups excluding carboxylic acids is 2. The lowest BCUT2D eigenvalue weighted by Crippen LogP contribution is -2.14. The molecule has 0 aliphatic carbocycles. The Morgan fingerprint density at radius 1 is 1.24 bits per heavy atom. The fourth-order valence-electron chi connectivity index (χ4n) is 1.58. The van der Waals surface area contributed by atoms with Crippen molar-refractivity contribution in [2.75, 3.05) is 18.5 Å². The minimum absolute atomic E-state index is 0.0606. The molecule has 0 aliphatic heterocycles. The van der Waals surface area contributed by atoms with Crippen molar-refractivity contribution in [1.82, 2.24) is 0 Å². The van der Waals surface area contributed by atoms with Gasteiger partial charge in [-0.1, -0.05) is 18.5 Å². The quantitative estimate of drug-likeness (QED) is 0.747. The van der Waals surface area contributed by atoms with Gasteiger partial charge in [0, 0.05) is 12.1 Å². The lowest BCUT2D eigenvalue weighted by atomic mass is 10.2. The SMILES string of the molecule is CCCOc1ccc(NC(=O)CCC(=O)OCC)cc1Cl. The first-order valence-electron chi connectivity index (χ1n) is 6.94. The Bertz CT molecular complexity index is 491. The number of anilines is 1. The van der Waals surface area contributed by atoms with E-state index in [1.54, 1.807) is 25.1 Å². The molecule has 0 saturated carbocycles. The summed E-state index contributed by atoms with van der Waals surface area (Å²) < 4.78 is 10.2. The summed E-state index contributed by atoms with van der Waals surface area (Å²) in [4.78, 5) is 22.9. The highest BCUT2D eigenvalue weighted by Gasteiger charge is 2.09. The molecule has 0 heterocycles. The average molecular weight is 314 g/mol. The molecule has 0 atom stereocenters. The maximum absolute atomic E-state index is 11.7. The summed E-state index contributed by atoms with van der Waals surface area (Å²) in [6, 6.07) is 5.03. The molecule has 1 aromatic carbocycles. The van der Waals surface area contributed by atoms with E-state index in [2.05, 4.69) is 5.32 Å². The van der Waals surface area contributed by atoms with E-state index in [1.165, 1.54) is 0 Å². The van der Waals surface area contributed by atoms with Crippen molar-refractivity contribution >= 4 is 29.2 Å². The first-order valence-corrected chi connectivity index (χ1v) is 7.32. The van der Waals surface area contributed by atoms with Gasteiger partial charge < -0.3 is 14.8 Å². The Hall–Kier alpha value is -1.75. The number of hydrogen-bond acceptors (Lipinski definition) is 4. The zero-order valence-corrected chi connectivity index (χ0v) is 13.0. The third-order valence-electron chi connectivity index (χ3n) is 2.54. The van der Waals surface area contributed by atoms with Crippen molar-refractivity contribution < 1.29 is 19.1 Å². The molecule has 5 nitrogen and oxygen atoms in total. The molecule has 0 fully saturated rings. The lowest BCUT2D eigenvalue weighted by Gasteiger charge is -2.09. The molecule has 0 spiro atoms. The fraction of sp³-hybridized carbons (Fsp3) is 0.467. The van der Waals surface area contributed by atoms with Crippen LogP contribution in [-0.4, -0.2) is 25.1 Å². The van der Waals surface area contributed by atoms with Gasteiger partial charge in [-0.2, -0.15) is 0 Å². The molecule has 1 N–H and O–H groups in total. The predicted molar refractivity (Wildman–Crippen MR) is 81.7 cm³/mol. The van der Waals surface area contributed by atoms with Crippen molar-refractivity contribution in [2.45, 2.75) is 33.1 Å². The van der Waals surface area contributed by atoms with E-state index in [9.17, 15) is 9.59 Å². The number of amides is 1. The molecule has 0 saturated heterocycles. The third-order valence-corrected chi connectivity index (χ3v) is 2.83. The van der Waals surface area contributed by atoms with E-state index in [0.717, 1.165) is 6.42 Å². The number of benzene rings is 1. The molecule has 21 heavy (non-hydrogen) atoms. The zero-order valence-electron chi connectivity index (χ0n) is 12.3. The molecule has 116 valence electrons. The number of carbonyl (C=O) groups is 2. The Balaban J connectivity index is 2.49. The van der Waals surface area contributed by atoms with Gasteiger partial charge in [0.05, 0.1) is 24.7 Å². The summed E-state index contributed by atoms with van der Waals surface area (Å²) in [5, 5.41) is 3.11. The lowest BCUT2D eigenvalue weighted by molar-refractivity contribution is -0.144. The summed E-state index contributed by atoms with van der Waals surface area (Å²) in [6.45, 7) is 4.63. The largest absolute Gasteiger partial charge is 0.492 e. The van der Waals surface area contributed by atoms with Gasteiger partial charge in [0.1, 0.15) is 5.75 Å². The maximum Gasteiger partial charge on any atom is 0.306 e. The minimum atomic E-state index is -0.381. The van der Waals surface area contributed by atoms with Crippen LogP contribution in [0.25, 0.3) is 0 Å². The minimum Gasteiger partial charge on any atom is -0.492 e. The molecular weight excluding hydrogens is 294 g/mol. The van der Waals surface area contributed by atoms with E-state index < -0.39 is 0 Å². The topological polar surface area (TPSA) is 64.6 Å². The van der Waals surface area contributed by atoms with Crippen LogP contribution in [0.15, 0.2) is 18.2 Å². The average Bonchev–Trinajstić information content (AvgIpc) is 2.45. The Morgan fingerprint density at radius 2 is 2.00 bits per heavy atom. The first-order chi connectivity index (χ1) is 10.1.